The van der Waals surface area contributed by atoms with Gasteiger partial charge in [0.05, 0.1) is 12.8 Å². The Kier molecular flexibility index (Phi) is 5.13. The van der Waals surface area contributed by atoms with Crippen LogP contribution in [0.2, 0.25) is 0 Å². The topological polar surface area (TPSA) is 84.4 Å². The van der Waals surface area contributed by atoms with Crippen LogP contribution in [-0.4, -0.2) is 21.1 Å². The molecule has 25 heavy (non-hydrogen) atoms. The van der Waals surface area contributed by atoms with Crippen molar-refractivity contribution in [3.05, 3.63) is 65.7 Å². The normalized spacial score (nSPS) is 10.6. The molecule has 2 amide bonds. The lowest BCUT2D eigenvalue weighted by atomic mass is 10.2. The van der Waals surface area contributed by atoms with Crippen LogP contribution in [0.15, 0.2) is 51.9 Å². The van der Waals surface area contributed by atoms with Crippen LogP contribution in [0.3, 0.4) is 0 Å². The first-order valence-corrected chi connectivity index (χ1v) is 8.09. The lowest BCUT2D eigenvalue weighted by Crippen LogP contribution is -2.34. The summed E-state index contributed by atoms with van der Waals surface area (Å²) < 4.78 is 10.6. The highest BCUT2D eigenvalue weighted by atomic mass is 16.5. The second-order valence-corrected chi connectivity index (χ2v) is 5.65. The third-order valence-corrected chi connectivity index (χ3v) is 3.80. The van der Waals surface area contributed by atoms with Gasteiger partial charge < -0.3 is 19.2 Å². The molecule has 130 valence electrons. The monoisotopic (exact) mass is 340 g/mol. The predicted octanol–water partition coefficient (Wildman–Crippen LogP) is 3.77. The van der Waals surface area contributed by atoms with Crippen LogP contribution in [0.1, 0.15) is 29.7 Å². The molecule has 0 unspecified atom stereocenters. The zero-order valence-electron chi connectivity index (χ0n) is 14.2. The molecule has 0 atom stereocenters. The Labute approximate surface area is 145 Å². The lowest BCUT2D eigenvalue weighted by molar-refractivity contribution is 0.201. The second-order valence-electron chi connectivity index (χ2n) is 5.65. The number of aromatic nitrogens is 2. The number of furan rings is 1. The summed E-state index contributed by atoms with van der Waals surface area (Å²) in [6.07, 6.45) is 5.69. The number of aryl methyl sites for hydroxylation is 2. The fourth-order valence-corrected chi connectivity index (χ4v) is 2.51. The van der Waals surface area contributed by atoms with Crippen LogP contribution >= 0.6 is 0 Å². The Balaban J connectivity index is 1.80. The molecule has 0 fully saturated rings. The van der Waals surface area contributed by atoms with Crippen molar-refractivity contribution in [3.8, 4) is 0 Å². The zero-order chi connectivity index (χ0) is 17.6. The van der Waals surface area contributed by atoms with E-state index < -0.39 is 0 Å². The van der Waals surface area contributed by atoms with E-state index in [0.29, 0.717) is 42.4 Å². The van der Waals surface area contributed by atoms with E-state index >= 15 is 0 Å². The Morgan fingerprint density at radius 2 is 2.16 bits per heavy atom. The van der Waals surface area contributed by atoms with Crippen molar-refractivity contribution in [2.75, 3.05) is 5.32 Å². The van der Waals surface area contributed by atoms with Crippen LogP contribution in [0, 0.1) is 6.92 Å². The lowest BCUT2D eigenvalue weighted by Gasteiger charge is -2.22. The number of hydrogen-bond acceptors (Lipinski definition) is 5. The van der Waals surface area contributed by atoms with Crippen LogP contribution in [0.25, 0.3) is 0 Å². The number of carbonyl (C=O) groups excluding carboxylic acids is 1. The highest BCUT2D eigenvalue weighted by Crippen LogP contribution is 2.22. The number of anilines is 1. The number of nitrogens with zero attached hydrogens (tertiary/aromatic N) is 3. The summed E-state index contributed by atoms with van der Waals surface area (Å²) in [5.74, 6) is 1.36. The quantitative estimate of drug-likeness (QED) is 0.738. The molecule has 0 aliphatic carbocycles. The molecule has 0 aliphatic heterocycles. The Morgan fingerprint density at radius 1 is 1.28 bits per heavy atom. The van der Waals surface area contributed by atoms with Gasteiger partial charge in [-0.05, 0) is 30.7 Å². The van der Waals surface area contributed by atoms with Gasteiger partial charge in [0.25, 0.3) is 0 Å². The third-order valence-electron chi connectivity index (χ3n) is 3.80. The van der Waals surface area contributed by atoms with E-state index in [0.717, 1.165) is 5.56 Å². The summed E-state index contributed by atoms with van der Waals surface area (Å²) in [6.45, 7) is 4.51. The van der Waals surface area contributed by atoms with Gasteiger partial charge in [-0.2, -0.15) is 0 Å². The van der Waals surface area contributed by atoms with Crippen molar-refractivity contribution < 1.29 is 13.7 Å². The first-order valence-electron chi connectivity index (χ1n) is 8.09. The molecule has 7 nitrogen and oxygen atoms in total. The van der Waals surface area contributed by atoms with Gasteiger partial charge in [0, 0.05) is 25.4 Å². The average Bonchev–Trinajstić information content (AvgIpc) is 3.25. The van der Waals surface area contributed by atoms with Crippen LogP contribution in [0.4, 0.5) is 10.5 Å². The highest BCUT2D eigenvalue weighted by molar-refractivity contribution is 5.90. The minimum atomic E-state index is -0.249. The molecule has 3 aromatic heterocycles. The summed E-state index contributed by atoms with van der Waals surface area (Å²) in [6, 6.07) is 7.16. The molecule has 0 aliphatic rings. The van der Waals surface area contributed by atoms with Crippen molar-refractivity contribution in [2.45, 2.75) is 33.4 Å². The summed E-state index contributed by atoms with van der Waals surface area (Å²) in [7, 11) is 0. The number of nitrogens with one attached hydrogen (secondary N) is 1. The van der Waals surface area contributed by atoms with Crippen molar-refractivity contribution >= 4 is 11.7 Å². The maximum absolute atomic E-state index is 12.8. The molecule has 3 rings (SSSR count). The Bertz CT molecular complexity index is 812. The smallest absolute Gasteiger partial charge is 0.322 e. The summed E-state index contributed by atoms with van der Waals surface area (Å²) in [4.78, 5) is 18.6. The number of carbonyl (C=O) groups is 1. The van der Waals surface area contributed by atoms with Gasteiger partial charge in [0.1, 0.15) is 17.1 Å². The fourth-order valence-electron chi connectivity index (χ4n) is 2.51. The summed E-state index contributed by atoms with van der Waals surface area (Å²) >= 11 is 0. The summed E-state index contributed by atoms with van der Waals surface area (Å²) in [5, 5.41) is 6.83. The molecule has 0 radical (unpaired) electrons. The highest BCUT2D eigenvalue weighted by Gasteiger charge is 2.20. The van der Waals surface area contributed by atoms with E-state index in [1.54, 1.807) is 36.5 Å². The molecule has 0 saturated carbocycles. The van der Waals surface area contributed by atoms with Gasteiger partial charge in [0.15, 0.2) is 5.76 Å². The first-order chi connectivity index (χ1) is 12.2. The zero-order valence-corrected chi connectivity index (χ0v) is 14.2. The van der Waals surface area contributed by atoms with E-state index in [9.17, 15) is 4.79 Å². The van der Waals surface area contributed by atoms with Gasteiger partial charge in [-0.3, -0.25) is 4.98 Å². The van der Waals surface area contributed by atoms with E-state index in [1.807, 2.05) is 25.1 Å². The third kappa shape index (κ3) is 4.06. The predicted molar refractivity (Wildman–Crippen MR) is 91.8 cm³/mol. The SMILES string of the molecule is CCc1onc(C)c1NC(=O)N(Cc1cccnc1)Cc1ccco1. The molecule has 7 heteroatoms. The van der Waals surface area contributed by atoms with Crippen molar-refractivity contribution in [2.24, 2.45) is 0 Å². The fraction of sp³-hybridized carbons (Fsp3) is 0.278. The van der Waals surface area contributed by atoms with E-state index in [-0.39, 0.29) is 6.03 Å². The first kappa shape index (κ1) is 16.8. The summed E-state index contributed by atoms with van der Waals surface area (Å²) in [5.41, 5.74) is 2.22. The maximum Gasteiger partial charge on any atom is 0.322 e. The van der Waals surface area contributed by atoms with E-state index in [4.69, 9.17) is 8.94 Å². The number of urea groups is 1. The Morgan fingerprint density at radius 3 is 2.84 bits per heavy atom. The maximum atomic E-state index is 12.8. The number of hydrogen-bond donors (Lipinski definition) is 1. The van der Waals surface area contributed by atoms with Gasteiger partial charge >= 0.3 is 6.03 Å². The molecule has 0 spiro atoms. The van der Waals surface area contributed by atoms with E-state index in [1.165, 1.54) is 0 Å². The molecular formula is C18H20N4O3. The molecular weight excluding hydrogens is 320 g/mol. The van der Waals surface area contributed by atoms with Crippen LogP contribution in [0.5, 0.6) is 0 Å². The molecule has 0 bridgehead atoms. The Hall–Kier alpha value is -3.09. The molecule has 0 aromatic carbocycles. The van der Waals surface area contributed by atoms with Gasteiger partial charge in [-0.1, -0.05) is 18.1 Å². The van der Waals surface area contributed by atoms with Crippen molar-refractivity contribution in [1.29, 1.82) is 0 Å². The minimum Gasteiger partial charge on any atom is -0.467 e. The number of amides is 2. The van der Waals surface area contributed by atoms with Gasteiger partial charge in [-0.15, -0.1) is 0 Å². The van der Waals surface area contributed by atoms with Crippen molar-refractivity contribution in [3.63, 3.8) is 0 Å². The van der Waals surface area contributed by atoms with Gasteiger partial charge in [-0.25, -0.2) is 4.79 Å². The van der Waals surface area contributed by atoms with Crippen LogP contribution < -0.4 is 5.32 Å². The molecule has 3 heterocycles. The largest absolute Gasteiger partial charge is 0.467 e. The standard InChI is InChI=1S/C18H20N4O3/c1-3-16-17(13(2)21-25-16)20-18(23)22(12-15-7-5-9-24-15)11-14-6-4-8-19-10-14/h4-10H,3,11-12H2,1-2H3,(H,20,23). The van der Waals surface area contributed by atoms with Gasteiger partial charge in [0.2, 0.25) is 0 Å². The second kappa shape index (κ2) is 7.65. The number of pyridine rings is 1. The number of rotatable bonds is 6. The molecule has 0 saturated heterocycles. The average molecular weight is 340 g/mol. The van der Waals surface area contributed by atoms with E-state index in [2.05, 4.69) is 15.5 Å². The van der Waals surface area contributed by atoms with Crippen molar-refractivity contribution in [1.82, 2.24) is 15.0 Å². The molecule has 3 aromatic rings. The molecule has 1 N–H and O–H groups in total. The minimum absolute atomic E-state index is 0.249. The van der Waals surface area contributed by atoms with Crippen LogP contribution in [-0.2, 0) is 19.5 Å².